The number of esters is 1. The van der Waals surface area contributed by atoms with E-state index in [0.29, 0.717) is 28.3 Å². The Morgan fingerprint density at radius 3 is 2.54 bits per heavy atom. The highest BCUT2D eigenvalue weighted by atomic mass is 35.5. The van der Waals surface area contributed by atoms with Crippen molar-refractivity contribution in [3.05, 3.63) is 70.5 Å². The topological polar surface area (TPSA) is 55.4 Å². The molecule has 0 spiro atoms. The predicted octanol–water partition coefficient (Wildman–Crippen LogP) is 4.07. The lowest BCUT2D eigenvalue weighted by atomic mass is 10.1. The van der Waals surface area contributed by atoms with Gasteiger partial charge in [0.1, 0.15) is 18.5 Å². The molecule has 26 heavy (non-hydrogen) atoms. The molecular formula is C19H19ClFNO3S. The maximum atomic E-state index is 12.9. The lowest BCUT2D eigenvalue weighted by Crippen LogP contribution is -2.42. The Morgan fingerprint density at radius 2 is 1.88 bits per heavy atom. The van der Waals surface area contributed by atoms with Crippen molar-refractivity contribution < 1.29 is 18.7 Å². The number of rotatable bonds is 8. The van der Waals surface area contributed by atoms with Crippen LogP contribution in [-0.4, -0.2) is 29.9 Å². The van der Waals surface area contributed by atoms with Crippen LogP contribution in [0.3, 0.4) is 0 Å². The molecule has 1 amide bonds. The van der Waals surface area contributed by atoms with Crippen LogP contribution in [0.25, 0.3) is 0 Å². The average molecular weight is 396 g/mol. The summed E-state index contributed by atoms with van der Waals surface area (Å²) in [7, 11) is 0. The Morgan fingerprint density at radius 1 is 1.19 bits per heavy atom. The number of hydrogen-bond donors (Lipinski definition) is 1. The van der Waals surface area contributed by atoms with Crippen LogP contribution in [0.1, 0.15) is 22.3 Å². The van der Waals surface area contributed by atoms with Crippen LogP contribution in [0.2, 0.25) is 5.02 Å². The number of nitrogens with one attached hydrogen (secondary N) is 1. The zero-order valence-electron chi connectivity index (χ0n) is 14.2. The van der Waals surface area contributed by atoms with Gasteiger partial charge < -0.3 is 10.1 Å². The molecule has 2 aromatic rings. The first kappa shape index (κ1) is 20.3. The van der Waals surface area contributed by atoms with E-state index in [1.54, 1.807) is 48.2 Å². The van der Waals surface area contributed by atoms with Crippen LogP contribution in [0.15, 0.2) is 48.5 Å². The summed E-state index contributed by atoms with van der Waals surface area (Å²) in [6, 6.07) is 11.5. The summed E-state index contributed by atoms with van der Waals surface area (Å²) in [6.07, 6.45) is 2.34. The zero-order valence-corrected chi connectivity index (χ0v) is 15.8. The number of benzene rings is 2. The second-order valence-corrected chi connectivity index (χ2v) is 6.91. The molecule has 0 radical (unpaired) electrons. The van der Waals surface area contributed by atoms with E-state index >= 15 is 0 Å². The molecule has 0 bridgehead atoms. The molecular weight excluding hydrogens is 377 g/mol. The highest BCUT2D eigenvalue weighted by Crippen LogP contribution is 2.15. The van der Waals surface area contributed by atoms with Crippen molar-refractivity contribution in [2.45, 2.75) is 19.1 Å². The number of amides is 1. The molecule has 0 heterocycles. The molecule has 1 N–H and O–H groups in total. The van der Waals surface area contributed by atoms with Gasteiger partial charge in [0.25, 0.3) is 5.91 Å². The van der Waals surface area contributed by atoms with Crippen LogP contribution in [0.4, 0.5) is 4.39 Å². The third-order valence-corrected chi connectivity index (χ3v) is 4.59. The average Bonchev–Trinajstić information content (AvgIpc) is 2.64. The zero-order chi connectivity index (χ0) is 18.9. The minimum atomic E-state index is -0.785. The van der Waals surface area contributed by atoms with E-state index in [1.807, 2.05) is 6.26 Å². The summed E-state index contributed by atoms with van der Waals surface area (Å²) in [5, 5.41) is 3.00. The SMILES string of the molecule is CSCCC(NC(=O)c1ccccc1Cl)C(=O)OCc1ccc(F)cc1. The third kappa shape index (κ3) is 6.04. The summed E-state index contributed by atoms with van der Waals surface area (Å²) in [5.74, 6) is -0.645. The van der Waals surface area contributed by atoms with Crippen molar-refractivity contribution in [1.82, 2.24) is 5.32 Å². The number of halogens is 2. The first-order valence-corrected chi connectivity index (χ1v) is 9.74. The fourth-order valence-electron chi connectivity index (χ4n) is 2.20. The first-order chi connectivity index (χ1) is 12.5. The number of ether oxygens (including phenoxy) is 1. The molecule has 0 saturated carbocycles. The van der Waals surface area contributed by atoms with Gasteiger partial charge in [-0.2, -0.15) is 11.8 Å². The van der Waals surface area contributed by atoms with Gasteiger partial charge in [-0.05, 0) is 48.3 Å². The number of hydrogen-bond acceptors (Lipinski definition) is 4. The van der Waals surface area contributed by atoms with E-state index in [1.165, 1.54) is 12.1 Å². The summed E-state index contributed by atoms with van der Waals surface area (Å²) < 4.78 is 18.2. The second kappa shape index (κ2) is 10.2. The van der Waals surface area contributed by atoms with Gasteiger partial charge in [-0.15, -0.1) is 0 Å². The Balaban J connectivity index is 2.00. The van der Waals surface area contributed by atoms with Crippen molar-refractivity contribution in [1.29, 1.82) is 0 Å². The fourth-order valence-corrected chi connectivity index (χ4v) is 2.89. The Bertz CT molecular complexity index is 755. The van der Waals surface area contributed by atoms with Crippen molar-refractivity contribution in [2.75, 3.05) is 12.0 Å². The van der Waals surface area contributed by atoms with Gasteiger partial charge >= 0.3 is 5.97 Å². The summed E-state index contributed by atoms with van der Waals surface area (Å²) in [5.41, 5.74) is 0.968. The normalized spacial score (nSPS) is 11.7. The van der Waals surface area contributed by atoms with E-state index in [-0.39, 0.29) is 12.4 Å². The van der Waals surface area contributed by atoms with E-state index in [9.17, 15) is 14.0 Å². The lowest BCUT2D eigenvalue weighted by molar-refractivity contribution is -0.147. The Kier molecular flexibility index (Phi) is 7.94. The summed E-state index contributed by atoms with van der Waals surface area (Å²) in [6.45, 7) is 0.0108. The maximum absolute atomic E-state index is 12.9. The number of thioether (sulfide) groups is 1. The first-order valence-electron chi connectivity index (χ1n) is 7.96. The van der Waals surface area contributed by atoms with Gasteiger partial charge in [0, 0.05) is 0 Å². The standard InChI is InChI=1S/C19H19ClFNO3S/c1-26-11-10-17(22-18(23)15-4-2-3-5-16(15)20)19(24)25-12-13-6-8-14(21)9-7-13/h2-9,17H,10-12H2,1H3,(H,22,23). The third-order valence-electron chi connectivity index (χ3n) is 3.61. The van der Waals surface area contributed by atoms with Gasteiger partial charge in [-0.3, -0.25) is 4.79 Å². The van der Waals surface area contributed by atoms with Crippen LogP contribution < -0.4 is 5.32 Å². The van der Waals surface area contributed by atoms with Crippen molar-refractivity contribution >= 4 is 35.2 Å². The molecule has 0 aliphatic carbocycles. The molecule has 0 aliphatic heterocycles. The molecule has 1 unspecified atom stereocenters. The largest absolute Gasteiger partial charge is 0.459 e. The predicted molar refractivity (Wildman–Crippen MR) is 102 cm³/mol. The van der Waals surface area contributed by atoms with Gasteiger partial charge in [0.2, 0.25) is 0 Å². The summed E-state index contributed by atoms with van der Waals surface area (Å²) in [4.78, 5) is 24.8. The molecule has 4 nitrogen and oxygen atoms in total. The molecule has 1 atom stereocenters. The van der Waals surface area contributed by atoms with Crippen LogP contribution in [0, 0.1) is 5.82 Å². The monoisotopic (exact) mass is 395 g/mol. The fraction of sp³-hybridized carbons (Fsp3) is 0.263. The van der Waals surface area contributed by atoms with Crippen molar-refractivity contribution in [2.24, 2.45) is 0 Å². The molecule has 7 heteroatoms. The molecule has 0 saturated heterocycles. The maximum Gasteiger partial charge on any atom is 0.329 e. The second-order valence-electron chi connectivity index (χ2n) is 5.52. The van der Waals surface area contributed by atoms with E-state index in [2.05, 4.69) is 5.32 Å². The van der Waals surface area contributed by atoms with Crippen molar-refractivity contribution in [3.63, 3.8) is 0 Å². The minimum absolute atomic E-state index is 0.0108. The molecule has 0 fully saturated rings. The van der Waals surface area contributed by atoms with E-state index < -0.39 is 17.9 Å². The van der Waals surface area contributed by atoms with E-state index in [4.69, 9.17) is 16.3 Å². The van der Waals surface area contributed by atoms with Gasteiger partial charge in [-0.1, -0.05) is 35.9 Å². The lowest BCUT2D eigenvalue weighted by Gasteiger charge is -2.18. The smallest absolute Gasteiger partial charge is 0.329 e. The van der Waals surface area contributed by atoms with E-state index in [0.717, 1.165) is 0 Å². The highest BCUT2D eigenvalue weighted by Gasteiger charge is 2.23. The van der Waals surface area contributed by atoms with Gasteiger partial charge in [0.05, 0.1) is 10.6 Å². The molecule has 2 aromatic carbocycles. The molecule has 138 valence electrons. The van der Waals surface area contributed by atoms with Crippen LogP contribution >= 0.6 is 23.4 Å². The van der Waals surface area contributed by atoms with Crippen LogP contribution in [0.5, 0.6) is 0 Å². The highest BCUT2D eigenvalue weighted by molar-refractivity contribution is 7.98. The van der Waals surface area contributed by atoms with Gasteiger partial charge in [-0.25, -0.2) is 9.18 Å². The van der Waals surface area contributed by atoms with Crippen molar-refractivity contribution in [3.8, 4) is 0 Å². The number of carbonyl (C=O) groups is 2. The Hall–Kier alpha value is -2.05. The van der Waals surface area contributed by atoms with Crippen LogP contribution in [-0.2, 0) is 16.1 Å². The minimum Gasteiger partial charge on any atom is -0.459 e. The Labute approximate surface area is 161 Å². The van der Waals surface area contributed by atoms with Gasteiger partial charge in [0.15, 0.2) is 0 Å². The number of carbonyl (C=O) groups excluding carboxylic acids is 2. The summed E-state index contributed by atoms with van der Waals surface area (Å²) >= 11 is 7.59. The molecule has 0 aliphatic rings. The quantitative estimate of drug-likeness (QED) is 0.684. The molecule has 2 rings (SSSR count). The molecule has 0 aromatic heterocycles.